The Hall–Kier alpha value is -0.820. The maximum Gasteiger partial charge on any atom is 0.406 e. The molecule has 0 aromatic carbocycles. The van der Waals surface area contributed by atoms with Crippen LogP contribution in [0.25, 0.3) is 0 Å². The number of hydrogen-bond donors (Lipinski definition) is 1. The van der Waals surface area contributed by atoms with Gasteiger partial charge >= 0.3 is 6.18 Å². The van der Waals surface area contributed by atoms with E-state index in [1.54, 1.807) is 6.92 Å². The van der Waals surface area contributed by atoms with Gasteiger partial charge in [0.15, 0.2) is 0 Å². The minimum atomic E-state index is -4.38. The molecule has 1 unspecified atom stereocenters. The van der Waals surface area contributed by atoms with Gasteiger partial charge in [-0.15, -0.1) is 0 Å². The molecule has 21 heavy (non-hydrogen) atoms. The number of likely N-dealkylation sites (N-methyl/N-ethyl adjacent to an activating group) is 1. The first-order chi connectivity index (χ1) is 9.69. The van der Waals surface area contributed by atoms with Crippen LogP contribution in [0.4, 0.5) is 13.2 Å². The van der Waals surface area contributed by atoms with Crippen molar-refractivity contribution in [1.82, 2.24) is 9.80 Å². The molecule has 0 spiro atoms. The van der Waals surface area contributed by atoms with Crippen molar-refractivity contribution in [2.24, 2.45) is 0 Å². The van der Waals surface area contributed by atoms with Crippen molar-refractivity contribution in [3.05, 3.63) is 0 Å². The highest BCUT2D eigenvalue weighted by molar-refractivity contribution is 5.78. The highest BCUT2D eigenvalue weighted by Gasteiger charge is 2.32. The van der Waals surface area contributed by atoms with Gasteiger partial charge in [-0.3, -0.25) is 9.69 Å². The average molecular weight is 310 g/mol. The van der Waals surface area contributed by atoms with Crippen LogP contribution < -0.4 is 0 Å². The van der Waals surface area contributed by atoms with Gasteiger partial charge in [0.2, 0.25) is 5.91 Å². The Kier molecular flexibility index (Phi) is 6.93. The largest absolute Gasteiger partial charge is 0.406 e. The third kappa shape index (κ3) is 7.13. The molecule has 0 aliphatic heterocycles. The van der Waals surface area contributed by atoms with Gasteiger partial charge in [-0.05, 0) is 19.8 Å². The Morgan fingerprint density at radius 2 is 1.86 bits per heavy atom. The Bertz CT molecular complexity index is 329. The molecule has 1 atom stereocenters. The molecule has 0 heterocycles. The van der Waals surface area contributed by atoms with Crippen LogP contribution in [-0.4, -0.2) is 65.8 Å². The lowest BCUT2D eigenvalue weighted by Gasteiger charge is -2.35. The molecule has 0 aromatic rings. The fraction of sp³-hybridized carbons (Fsp3) is 0.929. The maximum absolute atomic E-state index is 12.3. The number of halogens is 3. The monoisotopic (exact) mass is 310 g/mol. The highest BCUT2D eigenvalue weighted by Crippen LogP contribution is 2.23. The first kappa shape index (κ1) is 18.2. The van der Waals surface area contributed by atoms with E-state index in [1.165, 1.54) is 0 Å². The molecule has 0 bridgehead atoms. The maximum atomic E-state index is 12.3. The summed E-state index contributed by atoms with van der Waals surface area (Å²) in [7, 11) is 1.16. The number of aliphatic hydroxyl groups excluding tert-OH is 1. The van der Waals surface area contributed by atoms with Crippen molar-refractivity contribution < 1.29 is 23.1 Å². The Morgan fingerprint density at radius 3 is 2.33 bits per heavy atom. The molecule has 1 saturated carbocycles. The van der Waals surface area contributed by atoms with Gasteiger partial charge < -0.3 is 10.0 Å². The minimum absolute atomic E-state index is 0.0673. The molecule has 0 saturated heterocycles. The summed E-state index contributed by atoms with van der Waals surface area (Å²) in [5.41, 5.74) is 0. The van der Waals surface area contributed by atoms with Gasteiger partial charge in [0, 0.05) is 19.6 Å². The van der Waals surface area contributed by atoms with Crippen molar-refractivity contribution in [3.8, 4) is 0 Å². The number of carbonyl (C=O) groups is 1. The van der Waals surface area contributed by atoms with Gasteiger partial charge in [0.1, 0.15) is 6.54 Å². The number of carbonyl (C=O) groups excluding carboxylic acids is 1. The van der Waals surface area contributed by atoms with Gasteiger partial charge in [-0.25, -0.2) is 0 Å². The highest BCUT2D eigenvalue weighted by atomic mass is 19.4. The van der Waals surface area contributed by atoms with Gasteiger partial charge in [-0.1, -0.05) is 19.3 Å². The van der Waals surface area contributed by atoms with E-state index in [0.717, 1.165) is 39.2 Å². The molecule has 7 heteroatoms. The first-order valence-electron chi connectivity index (χ1n) is 7.42. The number of nitrogens with zero attached hydrogens (tertiary/aromatic N) is 2. The molecule has 124 valence electrons. The predicted octanol–water partition coefficient (Wildman–Crippen LogP) is 2.02. The first-order valence-corrected chi connectivity index (χ1v) is 7.42. The average Bonchev–Trinajstić information content (AvgIpc) is 2.36. The fourth-order valence-electron chi connectivity index (χ4n) is 2.78. The van der Waals surface area contributed by atoms with E-state index in [1.807, 2.05) is 4.90 Å². The second kappa shape index (κ2) is 7.98. The molecule has 1 aliphatic rings. The van der Waals surface area contributed by atoms with E-state index in [9.17, 15) is 23.1 Å². The van der Waals surface area contributed by atoms with Crippen molar-refractivity contribution in [1.29, 1.82) is 0 Å². The van der Waals surface area contributed by atoms with Gasteiger partial charge in [-0.2, -0.15) is 13.2 Å². The topological polar surface area (TPSA) is 43.8 Å². The summed E-state index contributed by atoms with van der Waals surface area (Å²) in [5, 5.41) is 9.54. The lowest BCUT2D eigenvalue weighted by atomic mass is 9.94. The minimum Gasteiger partial charge on any atom is -0.392 e. The number of hydrogen-bond acceptors (Lipinski definition) is 3. The second-order valence-corrected chi connectivity index (χ2v) is 5.94. The summed E-state index contributed by atoms with van der Waals surface area (Å²) in [5.74, 6) is -0.557. The summed E-state index contributed by atoms with van der Waals surface area (Å²) in [6.07, 6.45) is 0.158. The van der Waals surface area contributed by atoms with Crippen molar-refractivity contribution in [2.75, 3.05) is 26.7 Å². The Labute approximate surface area is 123 Å². The quantitative estimate of drug-likeness (QED) is 0.816. The number of aliphatic hydroxyl groups is 1. The molecule has 4 nitrogen and oxygen atoms in total. The molecule has 1 amide bonds. The third-order valence-electron chi connectivity index (χ3n) is 3.77. The van der Waals surface area contributed by atoms with Crippen molar-refractivity contribution in [3.63, 3.8) is 0 Å². The van der Waals surface area contributed by atoms with Crippen LogP contribution >= 0.6 is 0 Å². The van der Waals surface area contributed by atoms with Crippen molar-refractivity contribution in [2.45, 2.75) is 57.3 Å². The van der Waals surface area contributed by atoms with E-state index in [2.05, 4.69) is 0 Å². The predicted molar refractivity (Wildman–Crippen MR) is 73.8 cm³/mol. The zero-order valence-corrected chi connectivity index (χ0v) is 12.7. The standard InChI is InChI=1S/C14H25F3N2O2/c1-11(20)8-19(12-6-4-3-5-7-12)9-13(21)18(2)10-14(15,16)17/h11-12,20H,3-10H2,1-2H3. The molecule has 0 aromatic heterocycles. The molecule has 1 fully saturated rings. The molecule has 1 N–H and O–H groups in total. The lowest BCUT2D eigenvalue weighted by Crippen LogP contribution is -2.48. The van der Waals surface area contributed by atoms with E-state index in [4.69, 9.17) is 0 Å². The molecular formula is C14H25F3N2O2. The van der Waals surface area contributed by atoms with Crippen LogP contribution in [0.3, 0.4) is 0 Å². The van der Waals surface area contributed by atoms with Crippen LogP contribution in [0.1, 0.15) is 39.0 Å². The second-order valence-electron chi connectivity index (χ2n) is 5.94. The number of amides is 1. The SMILES string of the molecule is CC(O)CN(CC(=O)N(C)CC(F)(F)F)C1CCCCC1. The van der Waals surface area contributed by atoms with Gasteiger partial charge in [0.05, 0.1) is 12.6 Å². The normalized spacial score (nSPS) is 18.8. The smallest absolute Gasteiger partial charge is 0.392 e. The van der Waals surface area contributed by atoms with Crippen molar-refractivity contribution >= 4 is 5.91 Å². The van der Waals surface area contributed by atoms with Crippen LogP contribution in [0.15, 0.2) is 0 Å². The molecule has 1 rings (SSSR count). The van der Waals surface area contributed by atoms with Crippen LogP contribution in [0, 0.1) is 0 Å². The zero-order chi connectivity index (χ0) is 16.0. The number of alkyl halides is 3. The summed E-state index contributed by atoms with van der Waals surface area (Å²) < 4.78 is 37.0. The third-order valence-corrected chi connectivity index (χ3v) is 3.77. The molecular weight excluding hydrogens is 285 g/mol. The van der Waals surface area contributed by atoms with Gasteiger partial charge in [0.25, 0.3) is 0 Å². The van der Waals surface area contributed by atoms with Crippen LogP contribution in [-0.2, 0) is 4.79 Å². The summed E-state index contributed by atoms with van der Waals surface area (Å²) in [4.78, 5) is 14.5. The van der Waals surface area contributed by atoms with E-state index in [-0.39, 0.29) is 12.6 Å². The zero-order valence-electron chi connectivity index (χ0n) is 12.7. The summed E-state index contributed by atoms with van der Waals surface area (Å²) >= 11 is 0. The van der Waals surface area contributed by atoms with Crippen LogP contribution in [0.2, 0.25) is 0 Å². The van der Waals surface area contributed by atoms with E-state index < -0.39 is 24.7 Å². The fourth-order valence-corrected chi connectivity index (χ4v) is 2.78. The Morgan fingerprint density at radius 1 is 1.29 bits per heavy atom. The summed E-state index contributed by atoms with van der Waals surface area (Å²) in [6, 6.07) is 0.177. The number of rotatable bonds is 6. The van der Waals surface area contributed by atoms with Crippen LogP contribution in [0.5, 0.6) is 0 Å². The lowest BCUT2D eigenvalue weighted by molar-refractivity contribution is -0.159. The Balaban J connectivity index is 2.60. The van der Waals surface area contributed by atoms with E-state index in [0.29, 0.717) is 11.4 Å². The molecule has 0 radical (unpaired) electrons. The molecule has 1 aliphatic carbocycles. The van der Waals surface area contributed by atoms with E-state index >= 15 is 0 Å². The summed E-state index contributed by atoms with van der Waals surface area (Å²) in [6.45, 7) is 0.636.